The van der Waals surface area contributed by atoms with Crippen LogP contribution in [0.4, 0.5) is 0 Å². The maximum absolute atomic E-state index is 12.1. The summed E-state index contributed by atoms with van der Waals surface area (Å²) in [7, 11) is 1.61. The number of carbonyl (C=O) groups excluding carboxylic acids is 1. The summed E-state index contributed by atoms with van der Waals surface area (Å²) < 4.78 is 16.0. The molecular formula is C19H18O4. The lowest BCUT2D eigenvalue weighted by molar-refractivity contribution is -0.144. The zero-order valence-electron chi connectivity index (χ0n) is 13.2. The number of hydrogen-bond donors (Lipinski definition) is 0. The Kier molecular flexibility index (Phi) is 4.33. The summed E-state index contributed by atoms with van der Waals surface area (Å²) in [5.41, 5.74) is 3.65. The Hall–Kier alpha value is -2.75. The molecule has 0 fully saturated rings. The quantitative estimate of drug-likeness (QED) is 0.667. The molecule has 0 spiro atoms. The van der Waals surface area contributed by atoms with Gasteiger partial charge in [0.15, 0.2) is 0 Å². The predicted octanol–water partition coefficient (Wildman–Crippen LogP) is 4.04. The molecule has 0 bridgehead atoms. The fourth-order valence-electron chi connectivity index (χ4n) is 2.46. The minimum atomic E-state index is -0.281. The van der Waals surface area contributed by atoms with Crippen molar-refractivity contribution in [2.45, 2.75) is 20.0 Å². The molecule has 1 heterocycles. The van der Waals surface area contributed by atoms with Crippen LogP contribution >= 0.6 is 0 Å². The highest BCUT2D eigenvalue weighted by Gasteiger charge is 2.12. The molecular weight excluding hydrogens is 292 g/mol. The molecule has 23 heavy (non-hydrogen) atoms. The summed E-state index contributed by atoms with van der Waals surface area (Å²) in [5, 5.41) is 0.953. The highest BCUT2D eigenvalue weighted by molar-refractivity contribution is 5.86. The van der Waals surface area contributed by atoms with Crippen molar-refractivity contribution in [1.82, 2.24) is 0 Å². The SMILES string of the molecule is COc1cccc(COC(=O)Cc2coc3cc(C)ccc23)c1. The third-order valence-corrected chi connectivity index (χ3v) is 3.68. The van der Waals surface area contributed by atoms with Crippen molar-refractivity contribution in [2.75, 3.05) is 7.11 Å². The van der Waals surface area contributed by atoms with E-state index in [9.17, 15) is 4.79 Å². The molecule has 0 aliphatic heterocycles. The van der Waals surface area contributed by atoms with Crippen molar-refractivity contribution < 1.29 is 18.7 Å². The second kappa shape index (κ2) is 6.57. The van der Waals surface area contributed by atoms with Gasteiger partial charge in [-0.05, 0) is 36.2 Å². The maximum Gasteiger partial charge on any atom is 0.310 e. The normalized spacial score (nSPS) is 10.7. The van der Waals surface area contributed by atoms with Crippen LogP contribution in [0.25, 0.3) is 11.0 Å². The van der Waals surface area contributed by atoms with Crippen molar-refractivity contribution in [1.29, 1.82) is 0 Å². The molecule has 0 atom stereocenters. The van der Waals surface area contributed by atoms with Gasteiger partial charge in [-0.1, -0.05) is 24.3 Å². The number of hydrogen-bond acceptors (Lipinski definition) is 4. The van der Waals surface area contributed by atoms with Gasteiger partial charge in [0.2, 0.25) is 0 Å². The Balaban J connectivity index is 1.64. The van der Waals surface area contributed by atoms with Crippen LogP contribution in [0.15, 0.2) is 53.1 Å². The summed E-state index contributed by atoms with van der Waals surface area (Å²) >= 11 is 0. The fourth-order valence-corrected chi connectivity index (χ4v) is 2.46. The summed E-state index contributed by atoms with van der Waals surface area (Å²) in [4.78, 5) is 12.1. The summed E-state index contributed by atoms with van der Waals surface area (Å²) in [6, 6.07) is 13.4. The molecule has 0 aliphatic carbocycles. The van der Waals surface area contributed by atoms with Gasteiger partial charge in [-0.3, -0.25) is 4.79 Å². The van der Waals surface area contributed by atoms with E-state index >= 15 is 0 Å². The molecule has 3 rings (SSSR count). The van der Waals surface area contributed by atoms with Crippen molar-refractivity contribution in [2.24, 2.45) is 0 Å². The number of rotatable bonds is 5. The lowest BCUT2D eigenvalue weighted by atomic mass is 10.1. The molecule has 0 saturated carbocycles. The average Bonchev–Trinajstić information content (AvgIpc) is 2.95. The van der Waals surface area contributed by atoms with E-state index in [1.54, 1.807) is 13.4 Å². The molecule has 0 radical (unpaired) electrons. The minimum Gasteiger partial charge on any atom is -0.497 e. The van der Waals surface area contributed by atoms with Crippen LogP contribution in [0.2, 0.25) is 0 Å². The van der Waals surface area contributed by atoms with Crippen LogP contribution in [0.1, 0.15) is 16.7 Å². The molecule has 3 aromatic rings. The van der Waals surface area contributed by atoms with E-state index in [-0.39, 0.29) is 19.0 Å². The van der Waals surface area contributed by atoms with Crippen molar-refractivity contribution in [3.05, 3.63) is 65.4 Å². The highest BCUT2D eigenvalue weighted by Crippen LogP contribution is 2.23. The molecule has 4 nitrogen and oxygen atoms in total. The van der Waals surface area contributed by atoms with Gasteiger partial charge in [-0.25, -0.2) is 0 Å². The van der Waals surface area contributed by atoms with Gasteiger partial charge >= 0.3 is 5.97 Å². The van der Waals surface area contributed by atoms with Crippen LogP contribution in [0.5, 0.6) is 5.75 Å². The van der Waals surface area contributed by atoms with Gasteiger partial charge in [0.25, 0.3) is 0 Å². The maximum atomic E-state index is 12.1. The zero-order chi connectivity index (χ0) is 16.2. The summed E-state index contributed by atoms with van der Waals surface area (Å²) in [5.74, 6) is 0.464. The Morgan fingerprint density at radius 2 is 2.04 bits per heavy atom. The molecule has 4 heteroatoms. The Morgan fingerprint density at radius 3 is 2.87 bits per heavy atom. The van der Waals surface area contributed by atoms with E-state index < -0.39 is 0 Å². The van der Waals surface area contributed by atoms with Crippen LogP contribution in [-0.4, -0.2) is 13.1 Å². The number of fused-ring (bicyclic) bond motifs is 1. The first-order chi connectivity index (χ1) is 11.2. The van der Waals surface area contributed by atoms with Gasteiger partial charge in [0.05, 0.1) is 19.8 Å². The lowest BCUT2D eigenvalue weighted by Gasteiger charge is -2.06. The molecule has 0 amide bonds. The van der Waals surface area contributed by atoms with E-state index in [0.29, 0.717) is 0 Å². The third-order valence-electron chi connectivity index (χ3n) is 3.68. The van der Waals surface area contributed by atoms with Gasteiger partial charge < -0.3 is 13.9 Å². The monoisotopic (exact) mass is 310 g/mol. The zero-order valence-corrected chi connectivity index (χ0v) is 13.2. The average molecular weight is 310 g/mol. The number of esters is 1. The van der Waals surface area contributed by atoms with Crippen LogP contribution in [0, 0.1) is 6.92 Å². The van der Waals surface area contributed by atoms with E-state index in [4.69, 9.17) is 13.9 Å². The molecule has 118 valence electrons. The minimum absolute atomic E-state index is 0.194. The van der Waals surface area contributed by atoms with Crippen molar-refractivity contribution >= 4 is 16.9 Å². The summed E-state index contributed by atoms with van der Waals surface area (Å²) in [6.45, 7) is 2.23. The predicted molar refractivity (Wildman–Crippen MR) is 87.4 cm³/mol. The van der Waals surface area contributed by atoms with Gasteiger partial charge in [-0.2, -0.15) is 0 Å². The largest absolute Gasteiger partial charge is 0.497 e. The molecule has 0 aliphatic rings. The van der Waals surface area contributed by atoms with Gasteiger partial charge in [0.1, 0.15) is 17.9 Å². The van der Waals surface area contributed by atoms with E-state index in [1.807, 2.05) is 49.4 Å². The topological polar surface area (TPSA) is 48.7 Å². The van der Waals surface area contributed by atoms with Crippen LogP contribution < -0.4 is 4.74 Å². The molecule has 0 N–H and O–H groups in total. The number of furan rings is 1. The van der Waals surface area contributed by atoms with E-state index in [1.165, 1.54) is 0 Å². The van der Waals surface area contributed by atoms with E-state index in [2.05, 4.69) is 0 Å². The second-order valence-electron chi connectivity index (χ2n) is 5.45. The first-order valence-corrected chi connectivity index (χ1v) is 7.41. The number of benzene rings is 2. The molecule has 2 aromatic carbocycles. The van der Waals surface area contributed by atoms with Crippen LogP contribution in [0.3, 0.4) is 0 Å². The Morgan fingerprint density at radius 1 is 1.17 bits per heavy atom. The smallest absolute Gasteiger partial charge is 0.310 e. The summed E-state index contributed by atoms with van der Waals surface area (Å²) in [6.07, 6.45) is 1.82. The number of carbonyl (C=O) groups is 1. The number of methoxy groups -OCH3 is 1. The first-order valence-electron chi connectivity index (χ1n) is 7.41. The number of aryl methyl sites for hydroxylation is 1. The Labute approximate surface area is 134 Å². The molecule has 0 unspecified atom stereocenters. The van der Waals surface area contributed by atoms with Crippen molar-refractivity contribution in [3.8, 4) is 5.75 Å². The molecule has 1 aromatic heterocycles. The van der Waals surface area contributed by atoms with E-state index in [0.717, 1.165) is 33.4 Å². The first kappa shape index (κ1) is 15.2. The van der Waals surface area contributed by atoms with Crippen LogP contribution in [-0.2, 0) is 22.6 Å². The van der Waals surface area contributed by atoms with Gasteiger partial charge in [-0.15, -0.1) is 0 Å². The number of ether oxygens (including phenoxy) is 2. The highest BCUT2D eigenvalue weighted by atomic mass is 16.5. The fraction of sp³-hybridized carbons (Fsp3) is 0.211. The second-order valence-corrected chi connectivity index (χ2v) is 5.45. The van der Waals surface area contributed by atoms with Crippen molar-refractivity contribution in [3.63, 3.8) is 0 Å². The molecule has 0 saturated heterocycles. The van der Waals surface area contributed by atoms with Gasteiger partial charge in [0, 0.05) is 10.9 Å². The third kappa shape index (κ3) is 3.54. The Bertz CT molecular complexity index is 832. The lowest BCUT2D eigenvalue weighted by Crippen LogP contribution is -2.07. The standard InChI is InChI=1S/C19H18O4/c1-13-6-7-17-15(12-22-18(17)8-13)10-19(20)23-11-14-4-3-5-16(9-14)21-2/h3-9,12H,10-11H2,1-2H3.